The van der Waals surface area contributed by atoms with Crippen LogP contribution in [0.3, 0.4) is 0 Å². The first-order valence-electron chi connectivity index (χ1n) is 5.19. The van der Waals surface area contributed by atoms with Gasteiger partial charge >= 0.3 is 0 Å². The summed E-state index contributed by atoms with van der Waals surface area (Å²) in [5, 5.41) is 0. The second-order valence-corrected chi connectivity index (χ2v) is 4.40. The summed E-state index contributed by atoms with van der Waals surface area (Å²) in [6.45, 7) is 11.8. The first-order chi connectivity index (χ1) is 5.58. The zero-order valence-corrected chi connectivity index (χ0v) is 9.31. The molecular formula is C11H24O. The third-order valence-electron chi connectivity index (χ3n) is 1.86. The van der Waals surface area contributed by atoms with Crippen LogP contribution in [0.1, 0.15) is 53.9 Å². The highest BCUT2D eigenvalue weighted by molar-refractivity contribution is 4.72. The van der Waals surface area contributed by atoms with E-state index < -0.39 is 0 Å². The summed E-state index contributed by atoms with van der Waals surface area (Å²) in [6, 6.07) is 0. The van der Waals surface area contributed by atoms with Gasteiger partial charge < -0.3 is 4.74 Å². The highest BCUT2D eigenvalue weighted by Crippen LogP contribution is 2.27. The van der Waals surface area contributed by atoms with Crippen LogP contribution in [0, 0.1) is 5.41 Å². The van der Waals surface area contributed by atoms with Gasteiger partial charge in [0.05, 0.1) is 6.10 Å². The van der Waals surface area contributed by atoms with Crippen LogP contribution < -0.4 is 0 Å². The number of ether oxygens (including phenoxy) is 1. The second kappa shape index (κ2) is 5.58. The predicted octanol–water partition coefficient (Wildman–Crippen LogP) is 3.63. The minimum atomic E-state index is 0.439. The van der Waals surface area contributed by atoms with E-state index in [1.807, 2.05) is 13.8 Å². The Bertz CT molecular complexity index is 96.1. The zero-order chi connectivity index (χ0) is 9.61. The molecule has 1 rings (SSSR count). The van der Waals surface area contributed by atoms with Gasteiger partial charge in [0.1, 0.15) is 0 Å². The summed E-state index contributed by atoms with van der Waals surface area (Å²) < 4.78 is 5.53. The molecule has 0 spiro atoms. The lowest BCUT2D eigenvalue weighted by Crippen LogP contribution is -2.16. The van der Waals surface area contributed by atoms with E-state index in [0.717, 1.165) is 6.61 Å². The van der Waals surface area contributed by atoms with E-state index in [4.69, 9.17) is 4.74 Å². The number of hydrogen-bond acceptors (Lipinski definition) is 1. The van der Waals surface area contributed by atoms with Gasteiger partial charge in [0.15, 0.2) is 0 Å². The maximum Gasteiger partial charge on any atom is 0.0581 e. The highest BCUT2D eigenvalue weighted by atomic mass is 16.5. The molecule has 0 bridgehead atoms. The molecule has 0 N–H and O–H groups in total. The van der Waals surface area contributed by atoms with Crippen molar-refractivity contribution in [2.24, 2.45) is 5.41 Å². The fraction of sp³-hybridized carbons (Fsp3) is 1.00. The maximum absolute atomic E-state index is 5.53. The molecule has 0 saturated carbocycles. The van der Waals surface area contributed by atoms with Gasteiger partial charge in [0, 0.05) is 6.61 Å². The summed E-state index contributed by atoms with van der Waals surface area (Å²) in [5.41, 5.74) is 0.439. The standard InChI is InChI=1S/C9H18O.C2H6/c1-9(2,3)7-8-5-4-6-10-8;1-2/h8H,4-7H2,1-3H3;1-2H3. The molecule has 1 unspecified atom stereocenters. The first-order valence-corrected chi connectivity index (χ1v) is 5.19. The normalized spacial score (nSPS) is 23.2. The van der Waals surface area contributed by atoms with Gasteiger partial charge in [-0.25, -0.2) is 0 Å². The quantitative estimate of drug-likeness (QED) is 0.587. The Morgan fingerprint density at radius 3 is 2.17 bits per heavy atom. The van der Waals surface area contributed by atoms with E-state index in [9.17, 15) is 0 Å². The summed E-state index contributed by atoms with van der Waals surface area (Å²) in [4.78, 5) is 0. The Kier molecular flexibility index (Phi) is 5.56. The van der Waals surface area contributed by atoms with Crippen molar-refractivity contribution in [3.63, 3.8) is 0 Å². The molecule has 0 radical (unpaired) electrons. The minimum absolute atomic E-state index is 0.439. The van der Waals surface area contributed by atoms with Gasteiger partial charge in [-0.1, -0.05) is 34.6 Å². The third kappa shape index (κ3) is 5.59. The Morgan fingerprint density at radius 1 is 1.25 bits per heavy atom. The molecule has 1 fully saturated rings. The van der Waals surface area contributed by atoms with Crippen LogP contribution in [-0.2, 0) is 4.74 Å². The zero-order valence-electron chi connectivity index (χ0n) is 9.31. The Balaban J connectivity index is 0.000000561. The number of hydrogen-bond donors (Lipinski definition) is 0. The van der Waals surface area contributed by atoms with Crippen molar-refractivity contribution < 1.29 is 4.74 Å². The van der Waals surface area contributed by atoms with Crippen molar-refractivity contribution in [2.45, 2.75) is 60.0 Å². The molecule has 1 atom stereocenters. The fourth-order valence-corrected chi connectivity index (χ4v) is 1.49. The monoisotopic (exact) mass is 172 g/mol. The summed E-state index contributed by atoms with van der Waals surface area (Å²) in [5.74, 6) is 0. The Hall–Kier alpha value is -0.0400. The second-order valence-electron chi connectivity index (χ2n) is 4.40. The molecule has 1 aliphatic heterocycles. The van der Waals surface area contributed by atoms with Crippen molar-refractivity contribution in [1.29, 1.82) is 0 Å². The third-order valence-corrected chi connectivity index (χ3v) is 1.86. The molecule has 0 aromatic rings. The molecule has 1 nitrogen and oxygen atoms in total. The summed E-state index contributed by atoms with van der Waals surface area (Å²) in [6.07, 6.45) is 4.31. The lowest BCUT2D eigenvalue weighted by Gasteiger charge is -2.21. The van der Waals surface area contributed by atoms with Crippen LogP contribution in [0.4, 0.5) is 0 Å². The smallest absolute Gasteiger partial charge is 0.0581 e. The highest BCUT2D eigenvalue weighted by Gasteiger charge is 2.21. The Morgan fingerprint density at radius 2 is 1.83 bits per heavy atom. The molecule has 0 aliphatic carbocycles. The maximum atomic E-state index is 5.53. The van der Waals surface area contributed by atoms with Crippen molar-refractivity contribution in [3.05, 3.63) is 0 Å². The van der Waals surface area contributed by atoms with Gasteiger partial charge in [-0.2, -0.15) is 0 Å². The largest absolute Gasteiger partial charge is 0.378 e. The van der Waals surface area contributed by atoms with E-state index in [2.05, 4.69) is 20.8 Å². The Labute approximate surface area is 77.5 Å². The molecule has 0 aromatic heterocycles. The molecular weight excluding hydrogens is 148 g/mol. The molecule has 1 heteroatoms. The molecule has 1 aliphatic rings. The number of rotatable bonds is 1. The molecule has 12 heavy (non-hydrogen) atoms. The van der Waals surface area contributed by atoms with E-state index in [1.165, 1.54) is 19.3 Å². The van der Waals surface area contributed by atoms with Crippen LogP contribution in [0.15, 0.2) is 0 Å². The molecule has 1 saturated heterocycles. The van der Waals surface area contributed by atoms with E-state index in [-0.39, 0.29) is 0 Å². The average Bonchev–Trinajstić information content (AvgIpc) is 2.41. The summed E-state index contributed by atoms with van der Waals surface area (Å²) in [7, 11) is 0. The van der Waals surface area contributed by atoms with Gasteiger partial charge in [-0.05, 0) is 24.7 Å². The van der Waals surface area contributed by atoms with E-state index >= 15 is 0 Å². The van der Waals surface area contributed by atoms with Crippen LogP contribution in [-0.4, -0.2) is 12.7 Å². The van der Waals surface area contributed by atoms with Crippen molar-refractivity contribution in [2.75, 3.05) is 6.61 Å². The predicted molar refractivity (Wildman–Crippen MR) is 54.4 cm³/mol. The lowest BCUT2D eigenvalue weighted by atomic mass is 9.88. The minimum Gasteiger partial charge on any atom is -0.378 e. The topological polar surface area (TPSA) is 9.23 Å². The van der Waals surface area contributed by atoms with E-state index in [0.29, 0.717) is 11.5 Å². The van der Waals surface area contributed by atoms with Crippen LogP contribution >= 0.6 is 0 Å². The van der Waals surface area contributed by atoms with Gasteiger partial charge in [-0.15, -0.1) is 0 Å². The van der Waals surface area contributed by atoms with Crippen molar-refractivity contribution >= 4 is 0 Å². The van der Waals surface area contributed by atoms with Gasteiger partial charge in [-0.3, -0.25) is 0 Å². The SMILES string of the molecule is CC.CC(C)(C)CC1CCCO1. The molecule has 0 aromatic carbocycles. The van der Waals surface area contributed by atoms with Gasteiger partial charge in [0.2, 0.25) is 0 Å². The van der Waals surface area contributed by atoms with Crippen LogP contribution in [0.2, 0.25) is 0 Å². The molecule has 1 heterocycles. The van der Waals surface area contributed by atoms with Crippen LogP contribution in [0.5, 0.6) is 0 Å². The molecule has 0 amide bonds. The molecule has 74 valence electrons. The van der Waals surface area contributed by atoms with Crippen molar-refractivity contribution in [3.8, 4) is 0 Å². The fourth-order valence-electron chi connectivity index (χ4n) is 1.49. The van der Waals surface area contributed by atoms with Gasteiger partial charge in [0.25, 0.3) is 0 Å². The van der Waals surface area contributed by atoms with Crippen LogP contribution in [0.25, 0.3) is 0 Å². The first kappa shape index (κ1) is 12.0. The lowest BCUT2D eigenvalue weighted by molar-refractivity contribution is 0.0763. The average molecular weight is 172 g/mol. The summed E-state index contributed by atoms with van der Waals surface area (Å²) >= 11 is 0. The van der Waals surface area contributed by atoms with E-state index in [1.54, 1.807) is 0 Å². The van der Waals surface area contributed by atoms with Crippen molar-refractivity contribution in [1.82, 2.24) is 0 Å².